The van der Waals surface area contributed by atoms with Gasteiger partial charge in [0, 0.05) is 55.5 Å². The number of carbonyl (C=O) groups excluding carboxylic acids is 1. The Labute approximate surface area is 219 Å². The topological polar surface area (TPSA) is 121 Å². The number of aromatic nitrogens is 2. The van der Waals surface area contributed by atoms with Crippen LogP contribution in [-0.4, -0.2) is 64.9 Å². The molecular weight excluding hydrogens is 464 g/mol. The minimum Gasteiger partial charge on any atom is -0.384 e. The minimum atomic E-state index is -0.468. The number of likely N-dealkylation sites (tertiary alicyclic amines) is 1. The summed E-state index contributed by atoms with van der Waals surface area (Å²) in [7, 11) is 1.71. The molecule has 0 atom stereocenters. The first-order valence-electron chi connectivity index (χ1n) is 12.5. The van der Waals surface area contributed by atoms with Crippen LogP contribution in [-0.2, 0) is 4.79 Å². The van der Waals surface area contributed by atoms with Gasteiger partial charge in [0.2, 0.25) is 0 Å². The van der Waals surface area contributed by atoms with E-state index in [2.05, 4.69) is 56.0 Å². The number of nitrogens with two attached hydrogens (primary N) is 1. The number of nitrogens with zero attached hydrogens (tertiary/aromatic N) is 5. The van der Waals surface area contributed by atoms with Gasteiger partial charge < -0.3 is 16.5 Å². The number of aryl methyl sites for hydroxylation is 1. The van der Waals surface area contributed by atoms with Gasteiger partial charge in [-0.25, -0.2) is 0 Å². The van der Waals surface area contributed by atoms with Crippen molar-refractivity contribution in [2.45, 2.75) is 46.1 Å². The smallest absolute Gasteiger partial charge is 0.278 e. The Balaban J connectivity index is 1.66. The highest BCUT2D eigenvalue weighted by atomic mass is 16.2. The summed E-state index contributed by atoms with van der Waals surface area (Å²) in [6.45, 7) is 15.4. The van der Waals surface area contributed by atoms with Gasteiger partial charge in [0.1, 0.15) is 0 Å². The number of allylic oxidation sites excluding steroid dienone is 2. The molecule has 37 heavy (non-hydrogen) atoms. The third-order valence-electron chi connectivity index (χ3n) is 6.76. The fraction of sp³-hybridized carbons (Fsp3) is 0.393. The van der Waals surface area contributed by atoms with Gasteiger partial charge in [-0.1, -0.05) is 12.6 Å². The van der Waals surface area contributed by atoms with Crippen LogP contribution in [0, 0.1) is 6.92 Å². The third kappa shape index (κ3) is 7.10. The zero-order valence-electron chi connectivity index (χ0n) is 22.5. The average Bonchev–Trinajstić information content (AvgIpc) is 3.22. The molecule has 1 fully saturated rings. The number of hydrazone groups is 1. The van der Waals surface area contributed by atoms with E-state index in [9.17, 15) is 4.79 Å². The van der Waals surface area contributed by atoms with Crippen molar-refractivity contribution in [3.63, 3.8) is 0 Å². The summed E-state index contributed by atoms with van der Waals surface area (Å²) in [5, 5.41) is 9.98. The molecule has 9 heteroatoms. The van der Waals surface area contributed by atoms with Crippen LogP contribution in [0.2, 0.25) is 0 Å². The minimum absolute atomic E-state index is 0.0262. The molecule has 0 aromatic carbocycles. The van der Waals surface area contributed by atoms with Gasteiger partial charge in [0.25, 0.3) is 5.91 Å². The summed E-state index contributed by atoms with van der Waals surface area (Å²) in [6, 6.07) is 5.43. The van der Waals surface area contributed by atoms with Crippen LogP contribution in [0.1, 0.15) is 56.1 Å². The molecule has 0 bridgehead atoms. The van der Waals surface area contributed by atoms with Gasteiger partial charge in [0.15, 0.2) is 5.71 Å². The largest absolute Gasteiger partial charge is 0.384 e. The molecule has 3 heterocycles. The van der Waals surface area contributed by atoms with Gasteiger partial charge >= 0.3 is 0 Å². The molecule has 4 N–H and O–H groups in total. The zero-order chi connectivity index (χ0) is 27.0. The van der Waals surface area contributed by atoms with Crippen LogP contribution in [0.25, 0.3) is 11.3 Å². The van der Waals surface area contributed by atoms with Crippen LogP contribution in [0.3, 0.4) is 0 Å². The first-order valence-corrected chi connectivity index (χ1v) is 12.5. The standard InChI is InChI=1S/C28H38N8O/c1-19(10-12-30-6)22-8-9-24(33-17-22)26(35-29)27(37)34-25-16-23(18-32-21(25)3)20(2)31-13-15-36-14-7-11-28(36,4)5/h8-10,12,16-18,31H,2,7,11,13-15,29H2,1,3-6H3,(H,34,37)/b19-10+,30-12?,35-26+. The second-order valence-corrected chi connectivity index (χ2v) is 9.79. The molecule has 1 aliphatic rings. The van der Waals surface area contributed by atoms with Crippen molar-refractivity contribution in [3.8, 4) is 0 Å². The summed E-state index contributed by atoms with van der Waals surface area (Å²) < 4.78 is 0. The summed E-state index contributed by atoms with van der Waals surface area (Å²) >= 11 is 0. The Kier molecular flexibility index (Phi) is 9.30. The fourth-order valence-electron chi connectivity index (χ4n) is 4.32. The van der Waals surface area contributed by atoms with Gasteiger partial charge in [0.05, 0.1) is 17.1 Å². The lowest BCUT2D eigenvalue weighted by Gasteiger charge is -2.31. The highest BCUT2D eigenvalue weighted by Crippen LogP contribution is 2.27. The van der Waals surface area contributed by atoms with E-state index < -0.39 is 5.91 Å². The fourth-order valence-corrected chi connectivity index (χ4v) is 4.32. The van der Waals surface area contributed by atoms with Crippen LogP contribution >= 0.6 is 0 Å². The molecule has 2 aromatic rings. The van der Waals surface area contributed by atoms with E-state index >= 15 is 0 Å². The number of amides is 1. The van der Waals surface area contributed by atoms with Crippen LogP contribution in [0.4, 0.5) is 5.69 Å². The molecule has 0 aliphatic carbocycles. The lowest BCUT2D eigenvalue weighted by Crippen LogP contribution is -2.41. The maximum atomic E-state index is 13.1. The number of rotatable bonds is 10. The Morgan fingerprint density at radius 3 is 2.65 bits per heavy atom. The average molecular weight is 503 g/mol. The molecule has 0 unspecified atom stereocenters. The monoisotopic (exact) mass is 502 g/mol. The Bertz CT molecular complexity index is 1210. The molecular formula is C28H38N8O. The first-order chi connectivity index (χ1) is 17.7. The van der Waals surface area contributed by atoms with E-state index in [4.69, 9.17) is 5.84 Å². The summed E-state index contributed by atoms with van der Waals surface area (Å²) in [6.07, 6.45) is 9.48. The first kappa shape index (κ1) is 27.7. The molecule has 0 saturated carbocycles. The molecule has 196 valence electrons. The number of pyridine rings is 2. The van der Waals surface area contributed by atoms with Gasteiger partial charge in [-0.2, -0.15) is 5.10 Å². The second-order valence-electron chi connectivity index (χ2n) is 9.79. The van der Waals surface area contributed by atoms with Crippen molar-refractivity contribution in [3.05, 3.63) is 65.8 Å². The highest BCUT2D eigenvalue weighted by molar-refractivity contribution is 6.48. The lowest BCUT2D eigenvalue weighted by molar-refractivity contribution is -0.110. The summed E-state index contributed by atoms with van der Waals surface area (Å²) in [5.41, 5.74) is 5.32. The molecule has 1 saturated heterocycles. The molecule has 2 aromatic heterocycles. The number of hydrogen-bond donors (Lipinski definition) is 3. The van der Waals surface area contributed by atoms with Crippen molar-refractivity contribution < 1.29 is 4.79 Å². The highest BCUT2D eigenvalue weighted by Gasteiger charge is 2.31. The van der Waals surface area contributed by atoms with Crippen molar-refractivity contribution in [2.24, 2.45) is 15.9 Å². The van der Waals surface area contributed by atoms with Crippen molar-refractivity contribution >= 4 is 34.8 Å². The van der Waals surface area contributed by atoms with Crippen molar-refractivity contribution in [1.82, 2.24) is 20.2 Å². The van der Waals surface area contributed by atoms with Gasteiger partial charge in [-0.05, 0) is 76.4 Å². The van der Waals surface area contributed by atoms with Crippen LogP contribution in [0.15, 0.2) is 53.3 Å². The molecule has 9 nitrogen and oxygen atoms in total. The van der Waals surface area contributed by atoms with Crippen LogP contribution in [0.5, 0.6) is 0 Å². The second kappa shape index (κ2) is 12.4. The van der Waals surface area contributed by atoms with E-state index in [0.29, 0.717) is 17.1 Å². The van der Waals surface area contributed by atoms with Crippen molar-refractivity contribution in [2.75, 3.05) is 32.0 Å². The predicted molar refractivity (Wildman–Crippen MR) is 153 cm³/mol. The van der Waals surface area contributed by atoms with Crippen molar-refractivity contribution in [1.29, 1.82) is 0 Å². The van der Waals surface area contributed by atoms with E-state index in [1.54, 1.807) is 31.7 Å². The SMILES string of the molecule is C=C(NCCN1CCCC1(C)C)c1cnc(C)c(NC(=O)/C(=N/N)c2ccc(/C(C)=C/C=NC)cn2)c1. The molecule has 1 aliphatic heterocycles. The van der Waals surface area contributed by atoms with E-state index in [0.717, 1.165) is 42.0 Å². The van der Waals surface area contributed by atoms with E-state index in [-0.39, 0.29) is 11.3 Å². The molecule has 3 rings (SSSR count). The number of hydrogen-bond acceptors (Lipinski definition) is 8. The third-order valence-corrected chi connectivity index (χ3v) is 6.76. The Morgan fingerprint density at radius 1 is 1.27 bits per heavy atom. The Hall–Kier alpha value is -3.85. The molecule has 1 amide bonds. The molecule has 0 spiro atoms. The molecule has 0 radical (unpaired) electrons. The summed E-state index contributed by atoms with van der Waals surface area (Å²) in [5.74, 6) is 5.11. The van der Waals surface area contributed by atoms with E-state index in [1.165, 1.54) is 12.8 Å². The lowest BCUT2D eigenvalue weighted by atomic mass is 10.0. The van der Waals surface area contributed by atoms with Gasteiger partial charge in [-0.3, -0.25) is 24.7 Å². The van der Waals surface area contributed by atoms with Crippen LogP contribution < -0.4 is 16.5 Å². The number of carbonyl (C=O) groups is 1. The Morgan fingerprint density at radius 2 is 2.03 bits per heavy atom. The zero-order valence-corrected chi connectivity index (χ0v) is 22.5. The van der Waals surface area contributed by atoms with E-state index in [1.807, 2.05) is 32.1 Å². The quantitative estimate of drug-likeness (QED) is 0.259. The number of nitrogens with one attached hydrogen (secondary N) is 2. The summed E-state index contributed by atoms with van der Waals surface area (Å²) in [4.78, 5) is 28.3. The predicted octanol–water partition coefficient (Wildman–Crippen LogP) is 3.63. The maximum Gasteiger partial charge on any atom is 0.278 e. The maximum absolute atomic E-state index is 13.1. The number of anilines is 1. The normalized spacial score (nSPS) is 16.2. The van der Waals surface area contributed by atoms with Gasteiger partial charge in [-0.15, -0.1) is 0 Å². The number of aliphatic imine (C=N–C) groups is 1.